The van der Waals surface area contributed by atoms with Gasteiger partial charge < -0.3 is 10.1 Å². The first kappa shape index (κ1) is 17.8. The summed E-state index contributed by atoms with van der Waals surface area (Å²) in [5, 5.41) is 3.45. The molecule has 0 unspecified atom stereocenters. The zero-order chi connectivity index (χ0) is 18.4. The SMILES string of the molecule is COCc1ccccc1CNC(=O)CCn1cnc2ccccc2c1=O. The van der Waals surface area contributed by atoms with Crippen molar-refractivity contribution in [3.8, 4) is 0 Å². The van der Waals surface area contributed by atoms with E-state index in [9.17, 15) is 9.59 Å². The Morgan fingerprint density at radius 1 is 1.12 bits per heavy atom. The molecule has 3 aromatic rings. The Bertz CT molecular complexity index is 966. The van der Waals surface area contributed by atoms with Crippen LogP contribution in [0.25, 0.3) is 10.9 Å². The third kappa shape index (κ3) is 4.15. The molecule has 0 radical (unpaired) electrons. The summed E-state index contributed by atoms with van der Waals surface area (Å²) in [6, 6.07) is 15.0. The molecule has 3 rings (SSSR count). The lowest BCUT2D eigenvalue weighted by molar-refractivity contribution is -0.121. The van der Waals surface area contributed by atoms with Crippen molar-refractivity contribution in [1.29, 1.82) is 0 Å². The Kier molecular flexibility index (Phi) is 5.76. The molecule has 0 aliphatic rings. The highest BCUT2D eigenvalue weighted by Crippen LogP contribution is 2.10. The number of carbonyl (C=O) groups is 1. The van der Waals surface area contributed by atoms with E-state index < -0.39 is 0 Å². The van der Waals surface area contributed by atoms with Crippen LogP contribution in [0.2, 0.25) is 0 Å². The molecule has 134 valence electrons. The van der Waals surface area contributed by atoms with Gasteiger partial charge in [0.15, 0.2) is 0 Å². The summed E-state index contributed by atoms with van der Waals surface area (Å²) in [5.41, 5.74) is 2.60. The maximum atomic E-state index is 12.4. The van der Waals surface area contributed by atoms with Crippen LogP contribution in [0.3, 0.4) is 0 Å². The van der Waals surface area contributed by atoms with Crippen molar-refractivity contribution in [2.75, 3.05) is 7.11 Å². The van der Waals surface area contributed by atoms with Crippen molar-refractivity contribution in [2.24, 2.45) is 0 Å². The average Bonchev–Trinajstić information content (AvgIpc) is 2.67. The summed E-state index contributed by atoms with van der Waals surface area (Å²) in [6.45, 7) is 1.23. The highest BCUT2D eigenvalue weighted by molar-refractivity contribution is 5.77. The van der Waals surface area contributed by atoms with E-state index in [1.54, 1.807) is 25.3 Å². The lowest BCUT2D eigenvalue weighted by atomic mass is 10.1. The summed E-state index contributed by atoms with van der Waals surface area (Å²) in [5.74, 6) is -0.114. The third-order valence-electron chi connectivity index (χ3n) is 4.21. The predicted molar refractivity (Wildman–Crippen MR) is 99.6 cm³/mol. The number of methoxy groups -OCH3 is 1. The molecule has 1 heterocycles. The first-order valence-corrected chi connectivity index (χ1v) is 8.45. The van der Waals surface area contributed by atoms with E-state index in [-0.39, 0.29) is 17.9 Å². The number of para-hydroxylation sites is 1. The summed E-state index contributed by atoms with van der Waals surface area (Å²) in [6.07, 6.45) is 1.71. The summed E-state index contributed by atoms with van der Waals surface area (Å²) in [7, 11) is 1.64. The number of fused-ring (bicyclic) bond motifs is 1. The molecule has 2 aromatic carbocycles. The maximum absolute atomic E-state index is 12.4. The summed E-state index contributed by atoms with van der Waals surface area (Å²) < 4.78 is 6.64. The molecule has 0 atom stereocenters. The topological polar surface area (TPSA) is 73.2 Å². The van der Waals surface area contributed by atoms with Crippen molar-refractivity contribution in [2.45, 2.75) is 26.1 Å². The van der Waals surface area contributed by atoms with Crippen molar-refractivity contribution in [3.63, 3.8) is 0 Å². The first-order valence-electron chi connectivity index (χ1n) is 8.45. The lowest BCUT2D eigenvalue weighted by Crippen LogP contribution is -2.27. The zero-order valence-corrected chi connectivity index (χ0v) is 14.6. The van der Waals surface area contributed by atoms with Crippen molar-refractivity contribution in [3.05, 3.63) is 76.3 Å². The second-order valence-corrected chi connectivity index (χ2v) is 5.99. The van der Waals surface area contributed by atoms with Gasteiger partial charge in [-0.25, -0.2) is 4.98 Å². The number of hydrogen-bond donors (Lipinski definition) is 1. The fraction of sp³-hybridized carbons (Fsp3) is 0.250. The van der Waals surface area contributed by atoms with E-state index in [4.69, 9.17) is 4.74 Å². The van der Waals surface area contributed by atoms with Gasteiger partial charge in [-0.2, -0.15) is 0 Å². The van der Waals surface area contributed by atoms with Gasteiger partial charge in [0, 0.05) is 26.6 Å². The highest BCUT2D eigenvalue weighted by Gasteiger charge is 2.07. The fourth-order valence-corrected chi connectivity index (χ4v) is 2.80. The van der Waals surface area contributed by atoms with Crippen LogP contribution in [0.5, 0.6) is 0 Å². The van der Waals surface area contributed by atoms with E-state index in [1.807, 2.05) is 30.3 Å². The molecule has 0 bridgehead atoms. The number of benzene rings is 2. The number of ether oxygens (including phenoxy) is 1. The minimum atomic E-state index is -0.131. The number of aryl methyl sites for hydroxylation is 1. The van der Waals surface area contributed by atoms with Gasteiger partial charge >= 0.3 is 0 Å². The molecule has 6 nitrogen and oxygen atoms in total. The molecule has 0 saturated heterocycles. The number of hydrogen-bond acceptors (Lipinski definition) is 4. The van der Waals surface area contributed by atoms with Crippen LogP contribution in [0.4, 0.5) is 0 Å². The highest BCUT2D eigenvalue weighted by atomic mass is 16.5. The molecule has 26 heavy (non-hydrogen) atoms. The minimum Gasteiger partial charge on any atom is -0.380 e. The molecular formula is C20H21N3O3. The third-order valence-corrected chi connectivity index (χ3v) is 4.21. The van der Waals surface area contributed by atoms with E-state index in [1.165, 1.54) is 10.9 Å². The van der Waals surface area contributed by atoms with Gasteiger partial charge in [0.1, 0.15) is 0 Å². The molecular weight excluding hydrogens is 330 g/mol. The van der Waals surface area contributed by atoms with Crippen molar-refractivity contribution in [1.82, 2.24) is 14.9 Å². The van der Waals surface area contributed by atoms with Crippen LogP contribution in [0, 0.1) is 0 Å². The molecule has 0 fully saturated rings. The average molecular weight is 351 g/mol. The second-order valence-electron chi connectivity index (χ2n) is 5.99. The molecule has 0 aliphatic heterocycles. The Balaban J connectivity index is 1.60. The first-order chi connectivity index (χ1) is 12.7. The molecule has 1 amide bonds. The summed E-state index contributed by atoms with van der Waals surface area (Å²) in [4.78, 5) is 28.8. The predicted octanol–water partition coefficient (Wildman–Crippen LogP) is 2.25. The number of nitrogens with one attached hydrogen (secondary N) is 1. The van der Waals surface area contributed by atoms with Crippen LogP contribution in [0.15, 0.2) is 59.7 Å². The Morgan fingerprint density at radius 3 is 2.65 bits per heavy atom. The van der Waals surface area contributed by atoms with Crippen LogP contribution in [0.1, 0.15) is 17.5 Å². The van der Waals surface area contributed by atoms with Gasteiger partial charge in [-0.15, -0.1) is 0 Å². The Hall–Kier alpha value is -2.99. The maximum Gasteiger partial charge on any atom is 0.261 e. The number of rotatable bonds is 7. The molecule has 1 aromatic heterocycles. The van der Waals surface area contributed by atoms with E-state index >= 15 is 0 Å². The van der Waals surface area contributed by atoms with Gasteiger partial charge in [0.2, 0.25) is 5.91 Å². The van der Waals surface area contributed by atoms with Crippen molar-refractivity contribution >= 4 is 16.8 Å². The van der Waals surface area contributed by atoms with Gasteiger partial charge in [-0.05, 0) is 23.3 Å². The van der Waals surface area contributed by atoms with Crippen LogP contribution in [-0.2, 0) is 29.2 Å². The molecule has 1 N–H and O–H groups in total. The molecule has 0 saturated carbocycles. The molecule has 6 heteroatoms. The Labute approximate surface area is 151 Å². The second kappa shape index (κ2) is 8.40. The summed E-state index contributed by atoms with van der Waals surface area (Å²) >= 11 is 0. The number of carbonyl (C=O) groups excluding carboxylic acids is 1. The van der Waals surface area contributed by atoms with Crippen LogP contribution < -0.4 is 10.9 Å². The van der Waals surface area contributed by atoms with Crippen LogP contribution >= 0.6 is 0 Å². The quantitative estimate of drug-likeness (QED) is 0.709. The number of nitrogens with zero attached hydrogens (tertiary/aromatic N) is 2. The largest absolute Gasteiger partial charge is 0.380 e. The van der Waals surface area contributed by atoms with E-state index in [0.29, 0.717) is 30.6 Å². The van der Waals surface area contributed by atoms with Gasteiger partial charge in [-0.3, -0.25) is 14.2 Å². The van der Waals surface area contributed by atoms with Gasteiger partial charge in [0.25, 0.3) is 5.56 Å². The van der Waals surface area contributed by atoms with E-state index in [2.05, 4.69) is 10.3 Å². The fourth-order valence-electron chi connectivity index (χ4n) is 2.80. The zero-order valence-electron chi connectivity index (χ0n) is 14.6. The smallest absolute Gasteiger partial charge is 0.261 e. The number of amides is 1. The van der Waals surface area contributed by atoms with Gasteiger partial charge in [-0.1, -0.05) is 36.4 Å². The number of aromatic nitrogens is 2. The molecule has 0 aliphatic carbocycles. The van der Waals surface area contributed by atoms with E-state index in [0.717, 1.165) is 11.1 Å². The van der Waals surface area contributed by atoms with Gasteiger partial charge in [0.05, 0.1) is 23.8 Å². The molecule has 0 spiro atoms. The standard InChI is InChI=1S/C20H21N3O3/c1-26-13-16-7-3-2-6-15(16)12-21-19(24)10-11-23-14-22-18-9-5-4-8-17(18)20(23)25/h2-9,14H,10-13H2,1H3,(H,21,24). The normalized spacial score (nSPS) is 10.8. The minimum absolute atomic E-state index is 0.114. The van der Waals surface area contributed by atoms with Crippen molar-refractivity contribution < 1.29 is 9.53 Å². The Morgan fingerprint density at radius 2 is 1.85 bits per heavy atom. The monoisotopic (exact) mass is 351 g/mol. The van der Waals surface area contributed by atoms with Crippen LogP contribution in [-0.4, -0.2) is 22.6 Å². The lowest BCUT2D eigenvalue weighted by Gasteiger charge is -2.11.